The Balaban J connectivity index is 2.02. The minimum atomic E-state index is -1.66. The van der Waals surface area contributed by atoms with Crippen molar-refractivity contribution in [2.45, 2.75) is 31.3 Å². The van der Waals surface area contributed by atoms with Crippen LogP contribution in [0.25, 0.3) is 0 Å². The van der Waals surface area contributed by atoms with Crippen LogP contribution >= 0.6 is 0 Å². The Morgan fingerprint density at radius 3 is 2.80 bits per heavy atom. The molecular weight excluding hydrogens is 270 g/mol. The van der Waals surface area contributed by atoms with Gasteiger partial charge in [-0.3, -0.25) is 14.9 Å². The number of carboxylic acids is 1. The summed E-state index contributed by atoms with van der Waals surface area (Å²) in [5.74, 6) is -1.88. The first-order chi connectivity index (χ1) is 9.47. The van der Waals surface area contributed by atoms with Crippen molar-refractivity contribution in [2.24, 2.45) is 0 Å². The Kier molecular flexibility index (Phi) is 3.99. The standard InChI is InChI=1S/C11H13N3O6/c15-8(20-11(18)19)2-1-5-9-6(12-4-13-9)3-7(14-5)10(16)17/h4-5,7,14H,1-3H2,(H,12,13)(H,16,17)(H,18,19)/t5-,7+/m0/s1. The van der Waals surface area contributed by atoms with Crippen molar-refractivity contribution in [3.63, 3.8) is 0 Å². The molecule has 0 unspecified atom stereocenters. The second-order valence-electron chi connectivity index (χ2n) is 4.36. The van der Waals surface area contributed by atoms with Crippen LogP contribution < -0.4 is 5.32 Å². The number of fused-ring (bicyclic) bond motifs is 1. The van der Waals surface area contributed by atoms with Gasteiger partial charge >= 0.3 is 18.1 Å². The zero-order valence-corrected chi connectivity index (χ0v) is 10.3. The molecule has 1 aliphatic rings. The highest BCUT2D eigenvalue weighted by Gasteiger charge is 2.32. The maximum Gasteiger partial charge on any atom is 0.513 e. The Labute approximate surface area is 113 Å². The number of hydrogen-bond donors (Lipinski definition) is 4. The first-order valence-electron chi connectivity index (χ1n) is 5.92. The number of H-pyrrole nitrogens is 1. The summed E-state index contributed by atoms with van der Waals surface area (Å²) in [4.78, 5) is 39.4. The van der Waals surface area contributed by atoms with Crippen molar-refractivity contribution in [1.29, 1.82) is 0 Å². The molecule has 0 aliphatic carbocycles. The van der Waals surface area contributed by atoms with E-state index < -0.39 is 30.2 Å². The molecule has 1 aromatic heterocycles. The molecule has 0 radical (unpaired) electrons. The van der Waals surface area contributed by atoms with Gasteiger partial charge in [0.15, 0.2) is 0 Å². The van der Waals surface area contributed by atoms with Crippen LogP contribution in [-0.2, 0) is 20.7 Å². The molecule has 108 valence electrons. The lowest BCUT2D eigenvalue weighted by Gasteiger charge is -2.27. The van der Waals surface area contributed by atoms with E-state index in [1.165, 1.54) is 6.33 Å². The predicted molar refractivity (Wildman–Crippen MR) is 62.9 cm³/mol. The van der Waals surface area contributed by atoms with Crippen LogP contribution in [-0.4, -0.2) is 44.3 Å². The van der Waals surface area contributed by atoms with Crippen LogP contribution in [0.4, 0.5) is 4.79 Å². The molecule has 2 heterocycles. The van der Waals surface area contributed by atoms with E-state index >= 15 is 0 Å². The highest BCUT2D eigenvalue weighted by Crippen LogP contribution is 2.26. The molecule has 1 aliphatic heterocycles. The maximum absolute atomic E-state index is 11.2. The lowest BCUT2D eigenvalue weighted by Crippen LogP contribution is -2.44. The molecule has 2 atom stereocenters. The van der Waals surface area contributed by atoms with Gasteiger partial charge in [-0.05, 0) is 6.42 Å². The zero-order valence-electron chi connectivity index (χ0n) is 10.3. The fourth-order valence-electron chi connectivity index (χ4n) is 2.17. The molecule has 0 amide bonds. The van der Waals surface area contributed by atoms with Gasteiger partial charge in [-0.25, -0.2) is 9.78 Å². The topological polar surface area (TPSA) is 142 Å². The number of aromatic nitrogens is 2. The van der Waals surface area contributed by atoms with E-state index in [0.717, 1.165) is 0 Å². The Bertz CT molecular complexity index is 540. The van der Waals surface area contributed by atoms with E-state index in [9.17, 15) is 14.4 Å². The van der Waals surface area contributed by atoms with Crippen molar-refractivity contribution in [1.82, 2.24) is 15.3 Å². The number of nitrogens with one attached hydrogen (secondary N) is 2. The summed E-state index contributed by atoms with van der Waals surface area (Å²) in [6.07, 6.45) is 0.131. The lowest BCUT2D eigenvalue weighted by atomic mass is 9.96. The molecule has 9 heteroatoms. The highest BCUT2D eigenvalue weighted by atomic mass is 16.7. The van der Waals surface area contributed by atoms with Crippen LogP contribution in [0.1, 0.15) is 30.3 Å². The largest absolute Gasteiger partial charge is 0.513 e. The summed E-state index contributed by atoms with van der Waals surface area (Å²) in [7, 11) is 0. The molecule has 0 saturated heterocycles. The van der Waals surface area contributed by atoms with Crippen molar-refractivity contribution in [2.75, 3.05) is 0 Å². The van der Waals surface area contributed by atoms with Gasteiger partial charge in [0, 0.05) is 18.5 Å². The summed E-state index contributed by atoms with van der Waals surface area (Å²) in [6, 6.07) is -1.21. The lowest BCUT2D eigenvalue weighted by molar-refractivity contribution is -0.140. The molecule has 2 rings (SSSR count). The summed E-state index contributed by atoms with van der Waals surface area (Å²) in [6.45, 7) is 0. The molecular formula is C11H13N3O6. The number of carbonyl (C=O) groups excluding carboxylic acids is 1. The summed E-state index contributed by atoms with van der Waals surface area (Å²) < 4.78 is 3.99. The average Bonchev–Trinajstić information content (AvgIpc) is 2.82. The van der Waals surface area contributed by atoms with Gasteiger partial charge in [0.2, 0.25) is 0 Å². The molecule has 0 fully saturated rings. The number of esters is 1. The molecule has 0 saturated carbocycles. The quantitative estimate of drug-likeness (QED) is 0.448. The van der Waals surface area contributed by atoms with Crippen LogP contribution in [0.5, 0.6) is 0 Å². The third kappa shape index (κ3) is 3.12. The third-order valence-corrected chi connectivity index (χ3v) is 3.03. The van der Waals surface area contributed by atoms with Gasteiger partial charge in [0.05, 0.1) is 18.1 Å². The fraction of sp³-hybridized carbons (Fsp3) is 0.455. The average molecular weight is 283 g/mol. The highest BCUT2D eigenvalue weighted by molar-refractivity contribution is 5.80. The Hall–Kier alpha value is -2.42. The number of hydrogen-bond acceptors (Lipinski definition) is 6. The Morgan fingerprint density at radius 1 is 1.40 bits per heavy atom. The molecule has 4 N–H and O–H groups in total. The van der Waals surface area contributed by atoms with E-state index in [-0.39, 0.29) is 19.3 Å². The van der Waals surface area contributed by atoms with Gasteiger partial charge < -0.3 is 19.9 Å². The second-order valence-corrected chi connectivity index (χ2v) is 4.36. The molecule has 1 aromatic rings. The van der Waals surface area contributed by atoms with E-state index in [1.807, 2.05) is 0 Å². The van der Waals surface area contributed by atoms with Gasteiger partial charge in [-0.1, -0.05) is 0 Å². The minimum Gasteiger partial charge on any atom is -0.480 e. The number of imidazole rings is 1. The van der Waals surface area contributed by atoms with E-state index in [2.05, 4.69) is 20.0 Å². The van der Waals surface area contributed by atoms with Crippen LogP contribution in [0.3, 0.4) is 0 Å². The summed E-state index contributed by atoms with van der Waals surface area (Å²) in [5, 5.41) is 20.2. The third-order valence-electron chi connectivity index (χ3n) is 3.03. The zero-order chi connectivity index (χ0) is 14.7. The molecule has 0 bridgehead atoms. The number of nitrogens with zero attached hydrogens (tertiary/aromatic N) is 1. The normalized spacial score (nSPS) is 21.0. The van der Waals surface area contributed by atoms with Gasteiger partial charge in [0.25, 0.3) is 0 Å². The smallest absolute Gasteiger partial charge is 0.480 e. The number of rotatable bonds is 4. The molecule has 0 spiro atoms. The number of carbonyl (C=O) groups is 3. The van der Waals surface area contributed by atoms with Gasteiger partial charge in [-0.2, -0.15) is 0 Å². The summed E-state index contributed by atoms with van der Waals surface area (Å²) in [5.41, 5.74) is 1.35. The minimum absolute atomic E-state index is 0.150. The maximum atomic E-state index is 11.2. The first kappa shape index (κ1) is 14.0. The van der Waals surface area contributed by atoms with Crippen LogP contribution in [0.2, 0.25) is 0 Å². The fourth-order valence-corrected chi connectivity index (χ4v) is 2.17. The summed E-state index contributed by atoms with van der Waals surface area (Å²) >= 11 is 0. The van der Waals surface area contributed by atoms with Crippen molar-refractivity contribution >= 4 is 18.1 Å². The Morgan fingerprint density at radius 2 is 2.15 bits per heavy atom. The SMILES string of the molecule is O=C(O)OC(=O)CC[C@@H]1N[C@@H](C(=O)O)Cc2[nH]cnc21. The number of aromatic amines is 1. The molecule has 9 nitrogen and oxygen atoms in total. The van der Waals surface area contributed by atoms with Gasteiger partial charge in [0.1, 0.15) is 6.04 Å². The van der Waals surface area contributed by atoms with Crippen molar-refractivity contribution < 1.29 is 29.3 Å². The van der Waals surface area contributed by atoms with Gasteiger partial charge in [-0.15, -0.1) is 0 Å². The second kappa shape index (κ2) is 5.70. The van der Waals surface area contributed by atoms with Crippen LogP contribution in [0.15, 0.2) is 6.33 Å². The van der Waals surface area contributed by atoms with E-state index in [4.69, 9.17) is 10.2 Å². The monoisotopic (exact) mass is 283 g/mol. The first-order valence-corrected chi connectivity index (χ1v) is 5.92. The number of ether oxygens (including phenoxy) is 1. The number of aliphatic carboxylic acids is 1. The van der Waals surface area contributed by atoms with E-state index in [1.54, 1.807) is 0 Å². The predicted octanol–water partition coefficient (Wildman–Crippen LogP) is 0.0511. The van der Waals surface area contributed by atoms with Crippen molar-refractivity contribution in [3.05, 3.63) is 17.7 Å². The number of carboxylic acid groups (broad SMARTS) is 2. The van der Waals surface area contributed by atoms with E-state index in [0.29, 0.717) is 11.4 Å². The molecule has 20 heavy (non-hydrogen) atoms. The molecule has 0 aromatic carbocycles. The van der Waals surface area contributed by atoms with Crippen molar-refractivity contribution in [3.8, 4) is 0 Å². The van der Waals surface area contributed by atoms with Crippen LogP contribution in [0, 0.1) is 0 Å².